The van der Waals surface area contributed by atoms with Crippen molar-refractivity contribution in [3.63, 3.8) is 0 Å². The summed E-state index contributed by atoms with van der Waals surface area (Å²) in [6, 6.07) is 14.5. The first-order valence-electron chi connectivity index (χ1n) is 8.68. The number of hydrazine groups is 1. The summed E-state index contributed by atoms with van der Waals surface area (Å²) < 4.78 is 2.07. The summed E-state index contributed by atoms with van der Waals surface area (Å²) in [4.78, 5) is 4.48. The summed E-state index contributed by atoms with van der Waals surface area (Å²) in [5.74, 6) is 1.06. The number of benzene rings is 2. The third kappa shape index (κ3) is 2.86. The number of hydrogen-bond acceptors (Lipinski definition) is 4. The minimum atomic E-state index is 0.729. The lowest BCUT2D eigenvalue weighted by Gasteiger charge is -2.40. The minimum Gasteiger partial charge on any atom is -0.337 e. The molecule has 1 aliphatic heterocycles. The van der Waals surface area contributed by atoms with Crippen LogP contribution in [0.4, 0.5) is 5.69 Å². The van der Waals surface area contributed by atoms with Crippen molar-refractivity contribution >= 4 is 16.5 Å². The van der Waals surface area contributed by atoms with Crippen LogP contribution in [0.1, 0.15) is 24.2 Å². The molecule has 3 aromatic rings. The van der Waals surface area contributed by atoms with E-state index in [4.69, 9.17) is 0 Å². The summed E-state index contributed by atoms with van der Waals surface area (Å²) in [6.45, 7) is 2.79. The van der Waals surface area contributed by atoms with E-state index in [0.29, 0.717) is 0 Å². The van der Waals surface area contributed by atoms with E-state index in [2.05, 4.69) is 37.8 Å². The van der Waals surface area contributed by atoms with Gasteiger partial charge in [-0.05, 0) is 25.0 Å². The van der Waals surface area contributed by atoms with E-state index in [1.165, 1.54) is 18.5 Å². The number of anilines is 1. The molecule has 0 bridgehead atoms. The van der Waals surface area contributed by atoms with Crippen LogP contribution in [-0.2, 0) is 13.6 Å². The van der Waals surface area contributed by atoms with Crippen molar-refractivity contribution in [2.45, 2.75) is 19.4 Å². The highest BCUT2D eigenvalue weighted by molar-refractivity contribution is 5.97. The molecule has 1 saturated heterocycles. The van der Waals surface area contributed by atoms with E-state index in [-0.39, 0.29) is 0 Å². The maximum atomic E-state index is 9.41. The van der Waals surface area contributed by atoms with E-state index >= 15 is 0 Å². The molecule has 0 aliphatic carbocycles. The molecule has 126 valence electrons. The second-order valence-electron chi connectivity index (χ2n) is 6.46. The number of hydrogen-bond donors (Lipinski definition) is 0. The van der Waals surface area contributed by atoms with Gasteiger partial charge in [0, 0.05) is 43.3 Å². The summed E-state index contributed by atoms with van der Waals surface area (Å²) in [6.07, 6.45) is 6.20. The number of nitrogens with zero attached hydrogens (tertiary/aromatic N) is 5. The second-order valence-corrected chi connectivity index (χ2v) is 6.46. The Morgan fingerprint density at radius 1 is 1.08 bits per heavy atom. The van der Waals surface area contributed by atoms with Gasteiger partial charge in [0.25, 0.3) is 0 Å². The predicted octanol–water partition coefficient (Wildman–Crippen LogP) is 3.46. The third-order valence-corrected chi connectivity index (χ3v) is 4.92. The maximum Gasteiger partial charge on any atom is 0.124 e. The number of aromatic nitrogens is 2. The Bertz CT molecular complexity index is 937. The molecular formula is C20H21N5. The molecule has 5 nitrogen and oxygen atoms in total. The van der Waals surface area contributed by atoms with E-state index in [1.807, 2.05) is 43.7 Å². The fourth-order valence-electron chi connectivity index (χ4n) is 3.57. The molecule has 2 heterocycles. The molecule has 0 unspecified atom stereocenters. The van der Waals surface area contributed by atoms with Gasteiger partial charge in [-0.3, -0.25) is 0 Å². The molecule has 0 amide bonds. The van der Waals surface area contributed by atoms with Gasteiger partial charge < -0.3 is 9.58 Å². The van der Waals surface area contributed by atoms with Crippen molar-refractivity contribution in [2.24, 2.45) is 7.05 Å². The first-order chi connectivity index (χ1) is 12.3. The van der Waals surface area contributed by atoms with Crippen LogP contribution >= 0.6 is 0 Å². The largest absolute Gasteiger partial charge is 0.337 e. The van der Waals surface area contributed by atoms with Gasteiger partial charge in [-0.15, -0.1) is 0 Å². The molecule has 5 heteroatoms. The summed E-state index contributed by atoms with van der Waals surface area (Å²) in [5.41, 5.74) is 1.90. The Morgan fingerprint density at radius 3 is 2.64 bits per heavy atom. The van der Waals surface area contributed by atoms with Gasteiger partial charge >= 0.3 is 0 Å². The zero-order valence-electron chi connectivity index (χ0n) is 14.4. The molecule has 0 saturated carbocycles. The lowest BCUT2D eigenvalue weighted by atomic mass is 10.0. The van der Waals surface area contributed by atoms with E-state index in [0.717, 1.165) is 41.8 Å². The number of rotatable bonds is 3. The lowest BCUT2D eigenvalue weighted by Crippen LogP contribution is -2.47. The van der Waals surface area contributed by atoms with Gasteiger partial charge in [-0.2, -0.15) is 5.26 Å². The molecule has 1 aromatic heterocycles. The fraction of sp³-hybridized carbons (Fsp3) is 0.300. The first-order valence-corrected chi connectivity index (χ1v) is 8.68. The van der Waals surface area contributed by atoms with Crippen LogP contribution in [-0.4, -0.2) is 27.6 Å². The SMILES string of the molecule is Cn1ccnc1CN1CCCCN1c1ccc(C#N)c2ccccc12. The molecule has 0 spiro atoms. The first kappa shape index (κ1) is 15.7. The van der Waals surface area contributed by atoms with Crippen LogP contribution in [0.5, 0.6) is 0 Å². The molecule has 0 N–H and O–H groups in total. The van der Waals surface area contributed by atoms with Crippen LogP contribution in [0.15, 0.2) is 48.8 Å². The highest BCUT2D eigenvalue weighted by Gasteiger charge is 2.23. The Hall–Kier alpha value is -2.84. The van der Waals surface area contributed by atoms with E-state index in [1.54, 1.807) is 0 Å². The van der Waals surface area contributed by atoms with Crippen LogP contribution in [0, 0.1) is 11.3 Å². The lowest BCUT2D eigenvalue weighted by molar-refractivity contribution is 0.198. The van der Waals surface area contributed by atoms with Crippen LogP contribution < -0.4 is 5.01 Å². The second kappa shape index (κ2) is 6.58. The summed E-state index contributed by atoms with van der Waals surface area (Å²) >= 11 is 0. The quantitative estimate of drug-likeness (QED) is 0.737. The van der Waals surface area contributed by atoms with Crippen LogP contribution in [0.25, 0.3) is 10.8 Å². The monoisotopic (exact) mass is 331 g/mol. The van der Waals surface area contributed by atoms with Crippen molar-refractivity contribution in [1.82, 2.24) is 14.6 Å². The summed E-state index contributed by atoms with van der Waals surface area (Å²) in [5, 5.41) is 16.3. The van der Waals surface area contributed by atoms with Gasteiger partial charge in [0.15, 0.2) is 0 Å². The number of fused-ring (bicyclic) bond motifs is 1. The average Bonchev–Trinajstić information content (AvgIpc) is 3.06. The van der Waals surface area contributed by atoms with Gasteiger partial charge in [0.1, 0.15) is 5.82 Å². The molecule has 25 heavy (non-hydrogen) atoms. The smallest absolute Gasteiger partial charge is 0.124 e. The van der Waals surface area contributed by atoms with Crippen LogP contribution in [0.3, 0.4) is 0 Å². The molecule has 0 radical (unpaired) electrons. The van der Waals surface area contributed by atoms with Crippen molar-refractivity contribution < 1.29 is 0 Å². The average molecular weight is 331 g/mol. The minimum absolute atomic E-state index is 0.729. The molecular weight excluding hydrogens is 310 g/mol. The number of imidazole rings is 1. The molecule has 4 rings (SSSR count). The number of aryl methyl sites for hydroxylation is 1. The van der Waals surface area contributed by atoms with Gasteiger partial charge in [-0.1, -0.05) is 24.3 Å². The Kier molecular flexibility index (Phi) is 4.12. The zero-order valence-corrected chi connectivity index (χ0v) is 14.4. The van der Waals surface area contributed by atoms with Gasteiger partial charge in [0.2, 0.25) is 0 Å². The Labute approximate surface area is 147 Å². The zero-order chi connectivity index (χ0) is 17.2. The topological polar surface area (TPSA) is 48.1 Å². The highest BCUT2D eigenvalue weighted by atomic mass is 15.6. The highest BCUT2D eigenvalue weighted by Crippen LogP contribution is 2.32. The molecule has 1 aliphatic rings. The molecule has 2 aromatic carbocycles. The fourth-order valence-corrected chi connectivity index (χ4v) is 3.57. The van der Waals surface area contributed by atoms with Crippen molar-refractivity contribution in [1.29, 1.82) is 5.26 Å². The molecule has 0 atom stereocenters. The maximum absolute atomic E-state index is 9.41. The van der Waals surface area contributed by atoms with E-state index in [9.17, 15) is 5.26 Å². The molecule has 1 fully saturated rings. The Balaban J connectivity index is 1.75. The van der Waals surface area contributed by atoms with Crippen molar-refractivity contribution in [3.8, 4) is 6.07 Å². The van der Waals surface area contributed by atoms with Gasteiger partial charge in [-0.25, -0.2) is 9.99 Å². The van der Waals surface area contributed by atoms with Crippen molar-refractivity contribution in [2.75, 3.05) is 18.1 Å². The van der Waals surface area contributed by atoms with Crippen molar-refractivity contribution in [3.05, 3.63) is 60.2 Å². The Morgan fingerprint density at radius 2 is 1.88 bits per heavy atom. The summed E-state index contributed by atoms with van der Waals surface area (Å²) in [7, 11) is 2.04. The normalized spacial score (nSPS) is 15.4. The van der Waals surface area contributed by atoms with Gasteiger partial charge in [0.05, 0.1) is 23.9 Å². The van der Waals surface area contributed by atoms with E-state index < -0.39 is 0 Å². The predicted molar refractivity (Wildman–Crippen MR) is 98.9 cm³/mol. The number of nitriles is 1. The van der Waals surface area contributed by atoms with Crippen LogP contribution in [0.2, 0.25) is 0 Å². The third-order valence-electron chi connectivity index (χ3n) is 4.92. The standard InChI is InChI=1S/C20H21N5/c1-23-13-10-22-20(23)15-24-11-4-5-12-25(24)19-9-8-16(14-21)17-6-2-3-7-18(17)19/h2-3,6-10,13H,4-5,11-12,15H2,1H3.